The second-order valence-corrected chi connectivity index (χ2v) is 3.86. The summed E-state index contributed by atoms with van der Waals surface area (Å²) in [6.45, 7) is 1.92. The number of phenolic OH excluding ortho intramolecular Hbond substituents is 1. The highest BCUT2D eigenvalue weighted by Gasteiger charge is 2.09. The van der Waals surface area contributed by atoms with Crippen molar-refractivity contribution in [2.75, 3.05) is 0 Å². The van der Waals surface area contributed by atoms with E-state index >= 15 is 0 Å². The van der Waals surface area contributed by atoms with Gasteiger partial charge in [-0.2, -0.15) is 0 Å². The molecule has 84 valence electrons. The Bertz CT molecular complexity index is 688. The molecule has 0 aliphatic heterocycles. The lowest BCUT2D eigenvalue weighted by molar-refractivity contribution is 0.475. The van der Waals surface area contributed by atoms with Gasteiger partial charge in [-0.3, -0.25) is 4.57 Å². The highest BCUT2D eigenvalue weighted by molar-refractivity contribution is 5.73. The molecule has 0 aliphatic rings. The molecule has 4 heteroatoms. The first kappa shape index (κ1) is 9.84. The van der Waals surface area contributed by atoms with Crippen LogP contribution in [0.15, 0.2) is 42.6 Å². The molecule has 2 heterocycles. The summed E-state index contributed by atoms with van der Waals surface area (Å²) >= 11 is 0. The normalized spacial score (nSPS) is 10.9. The van der Waals surface area contributed by atoms with Crippen molar-refractivity contribution < 1.29 is 5.11 Å². The van der Waals surface area contributed by atoms with Crippen LogP contribution < -0.4 is 0 Å². The maximum absolute atomic E-state index is 9.52. The minimum absolute atomic E-state index is 0.236. The van der Waals surface area contributed by atoms with Crippen molar-refractivity contribution in [3.8, 4) is 11.4 Å². The highest BCUT2D eigenvalue weighted by atomic mass is 16.3. The van der Waals surface area contributed by atoms with Crippen LogP contribution in [0.3, 0.4) is 0 Å². The molecule has 3 aromatic rings. The Kier molecular flexibility index (Phi) is 2.08. The molecular formula is C13H11N3O. The van der Waals surface area contributed by atoms with E-state index < -0.39 is 0 Å². The average molecular weight is 225 g/mol. The molecule has 17 heavy (non-hydrogen) atoms. The van der Waals surface area contributed by atoms with E-state index in [9.17, 15) is 5.11 Å². The third kappa shape index (κ3) is 1.54. The zero-order chi connectivity index (χ0) is 11.8. The molecule has 0 saturated heterocycles. The maximum Gasteiger partial charge on any atom is 0.164 e. The fourth-order valence-electron chi connectivity index (χ4n) is 1.97. The molecule has 2 aromatic heterocycles. The molecule has 1 aromatic carbocycles. The highest BCUT2D eigenvalue weighted by Crippen LogP contribution is 2.21. The summed E-state index contributed by atoms with van der Waals surface area (Å²) in [5.74, 6) is 1.09. The van der Waals surface area contributed by atoms with E-state index in [0.29, 0.717) is 0 Å². The number of aromatic hydroxyl groups is 1. The number of nitrogens with zero attached hydrogens (tertiary/aromatic N) is 3. The molecule has 0 radical (unpaired) electrons. The van der Waals surface area contributed by atoms with Gasteiger partial charge in [0.25, 0.3) is 0 Å². The predicted octanol–water partition coefficient (Wildman–Crippen LogP) is 2.43. The van der Waals surface area contributed by atoms with Gasteiger partial charge < -0.3 is 5.11 Å². The van der Waals surface area contributed by atoms with Gasteiger partial charge in [-0.25, -0.2) is 9.97 Å². The Morgan fingerprint density at radius 2 is 2.06 bits per heavy atom. The summed E-state index contributed by atoms with van der Waals surface area (Å²) in [6.07, 6.45) is 1.74. The van der Waals surface area contributed by atoms with Gasteiger partial charge >= 0.3 is 0 Å². The molecule has 3 rings (SSSR count). The van der Waals surface area contributed by atoms with Crippen LogP contribution in [-0.2, 0) is 0 Å². The summed E-state index contributed by atoms with van der Waals surface area (Å²) in [6, 6.07) is 10.9. The number of hydrogen-bond donors (Lipinski definition) is 1. The quantitative estimate of drug-likeness (QED) is 0.692. The number of aryl methyl sites for hydroxylation is 1. The van der Waals surface area contributed by atoms with Gasteiger partial charge in [0.2, 0.25) is 0 Å². The smallest absolute Gasteiger partial charge is 0.164 e. The van der Waals surface area contributed by atoms with Gasteiger partial charge in [-0.15, -0.1) is 0 Å². The average Bonchev–Trinajstić information content (AvgIpc) is 2.64. The minimum atomic E-state index is 0.236. The van der Waals surface area contributed by atoms with E-state index in [1.165, 1.54) is 0 Å². The number of rotatable bonds is 1. The lowest BCUT2D eigenvalue weighted by Gasteiger charge is -2.06. The van der Waals surface area contributed by atoms with Crippen molar-refractivity contribution in [2.24, 2.45) is 0 Å². The topological polar surface area (TPSA) is 50.9 Å². The Morgan fingerprint density at radius 3 is 2.88 bits per heavy atom. The Balaban J connectivity index is 2.33. The molecule has 0 unspecified atom stereocenters. The van der Waals surface area contributed by atoms with Gasteiger partial charge in [0.05, 0.1) is 5.69 Å². The summed E-state index contributed by atoms with van der Waals surface area (Å²) < 4.78 is 1.93. The van der Waals surface area contributed by atoms with E-state index in [2.05, 4.69) is 9.97 Å². The predicted molar refractivity (Wildman–Crippen MR) is 65.3 cm³/mol. The zero-order valence-electron chi connectivity index (χ0n) is 9.33. The van der Waals surface area contributed by atoms with Crippen molar-refractivity contribution in [1.82, 2.24) is 14.5 Å². The van der Waals surface area contributed by atoms with Crippen molar-refractivity contribution in [2.45, 2.75) is 6.92 Å². The molecule has 4 nitrogen and oxygen atoms in total. The molecule has 0 aliphatic carbocycles. The molecule has 0 amide bonds. The van der Waals surface area contributed by atoms with Crippen LogP contribution >= 0.6 is 0 Å². The van der Waals surface area contributed by atoms with Crippen LogP contribution in [0.4, 0.5) is 0 Å². The molecule has 1 N–H and O–H groups in total. The Morgan fingerprint density at radius 1 is 1.18 bits per heavy atom. The maximum atomic E-state index is 9.52. The molecule has 0 bridgehead atoms. The van der Waals surface area contributed by atoms with Gasteiger partial charge in [0.1, 0.15) is 17.1 Å². The van der Waals surface area contributed by atoms with E-state index in [1.54, 1.807) is 24.4 Å². The van der Waals surface area contributed by atoms with Crippen LogP contribution in [-0.4, -0.2) is 19.6 Å². The minimum Gasteiger partial charge on any atom is -0.508 e. The molecule has 0 atom stereocenters. The number of imidazole rings is 1. The lowest BCUT2D eigenvalue weighted by atomic mass is 10.3. The SMILES string of the molecule is Cc1nc2cccnc2n1-c1cccc(O)c1. The van der Waals surface area contributed by atoms with Crippen molar-refractivity contribution in [3.05, 3.63) is 48.4 Å². The second-order valence-electron chi connectivity index (χ2n) is 3.86. The third-order valence-corrected chi connectivity index (χ3v) is 2.67. The zero-order valence-corrected chi connectivity index (χ0v) is 9.33. The molecule has 0 saturated carbocycles. The van der Waals surface area contributed by atoms with Crippen LogP contribution in [0.25, 0.3) is 16.9 Å². The monoisotopic (exact) mass is 225 g/mol. The van der Waals surface area contributed by atoms with E-state index in [-0.39, 0.29) is 5.75 Å². The second kappa shape index (κ2) is 3.59. The molecule has 0 fully saturated rings. The van der Waals surface area contributed by atoms with Gasteiger partial charge in [-0.05, 0) is 31.2 Å². The largest absolute Gasteiger partial charge is 0.508 e. The first-order valence-electron chi connectivity index (χ1n) is 5.35. The summed E-state index contributed by atoms with van der Waals surface area (Å²) in [7, 11) is 0. The summed E-state index contributed by atoms with van der Waals surface area (Å²) in [5, 5.41) is 9.52. The van der Waals surface area contributed by atoms with Crippen molar-refractivity contribution in [3.63, 3.8) is 0 Å². The van der Waals surface area contributed by atoms with E-state index in [0.717, 1.165) is 22.7 Å². The number of hydrogen-bond acceptors (Lipinski definition) is 3. The van der Waals surface area contributed by atoms with Crippen LogP contribution in [0, 0.1) is 6.92 Å². The van der Waals surface area contributed by atoms with Gasteiger partial charge in [0.15, 0.2) is 5.65 Å². The fourth-order valence-corrected chi connectivity index (χ4v) is 1.97. The first-order valence-corrected chi connectivity index (χ1v) is 5.35. The number of pyridine rings is 1. The van der Waals surface area contributed by atoms with Gasteiger partial charge in [0, 0.05) is 12.3 Å². The van der Waals surface area contributed by atoms with E-state index in [4.69, 9.17) is 0 Å². The number of benzene rings is 1. The standard InChI is InChI=1S/C13H11N3O/c1-9-15-12-6-3-7-14-13(12)16(9)10-4-2-5-11(17)8-10/h2-8,17H,1H3. The number of phenols is 1. The number of aromatic nitrogens is 3. The summed E-state index contributed by atoms with van der Waals surface area (Å²) in [4.78, 5) is 8.76. The fraction of sp³-hybridized carbons (Fsp3) is 0.0769. The van der Waals surface area contributed by atoms with Gasteiger partial charge in [-0.1, -0.05) is 6.07 Å². The number of fused-ring (bicyclic) bond motifs is 1. The molecule has 0 spiro atoms. The van der Waals surface area contributed by atoms with Crippen molar-refractivity contribution >= 4 is 11.2 Å². The third-order valence-electron chi connectivity index (χ3n) is 2.67. The first-order chi connectivity index (χ1) is 8.25. The Hall–Kier alpha value is -2.36. The van der Waals surface area contributed by atoms with Crippen LogP contribution in [0.1, 0.15) is 5.82 Å². The summed E-state index contributed by atoms with van der Waals surface area (Å²) in [5.41, 5.74) is 2.52. The van der Waals surface area contributed by atoms with Crippen LogP contribution in [0.2, 0.25) is 0 Å². The lowest BCUT2D eigenvalue weighted by Crippen LogP contribution is -1.97. The van der Waals surface area contributed by atoms with Crippen LogP contribution in [0.5, 0.6) is 5.75 Å². The van der Waals surface area contributed by atoms with E-state index in [1.807, 2.05) is 29.7 Å². The molecular weight excluding hydrogens is 214 g/mol. The van der Waals surface area contributed by atoms with Crippen molar-refractivity contribution in [1.29, 1.82) is 0 Å². The Labute approximate surface area is 98.2 Å².